The van der Waals surface area contributed by atoms with Crippen LogP contribution in [0.15, 0.2) is 83.2 Å². The number of nitrogens with zero attached hydrogens (tertiary/aromatic N) is 2. The van der Waals surface area contributed by atoms with Crippen LogP contribution in [0.2, 0.25) is 5.02 Å². The van der Waals surface area contributed by atoms with Crippen molar-refractivity contribution in [2.24, 2.45) is 0 Å². The minimum absolute atomic E-state index is 0.342. The monoisotopic (exact) mass is 462 g/mol. The number of aliphatic carboxylic acids is 1. The largest absolute Gasteiger partial charge is 0.480 e. The Kier molecular flexibility index (Phi) is 6.38. The number of carbonyl (C=O) groups is 1. The quantitative estimate of drug-likeness (QED) is 0.315. The zero-order valence-electron chi connectivity index (χ0n) is 16.0. The number of hydrogen-bond donors (Lipinski definition) is 1. The van der Waals surface area contributed by atoms with E-state index >= 15 is 0 Å². The number of halogens is 1. The van der Waals surface area contributed by atoms with Gasteiger partial charge in [0.15, 0.2) is 0 Å². The van der Waals surface area contributed by atoms with Gasteiger partial charge in [-0.2, -0.15) is 5.26 Å². The summed E-state index contributed by atoms with van der Waals surface area (Å²) in [5.74, 6) is -0.989. The first kappa shape index (κ1) is 21.1. The molecular weight excluding hydrogens is 448 g/mol. The van der Waals surface area contributed by atoms with Crippen LogP contribution in [0.4, 0.5) is 0 Å². The molecule has 0 aliphatic rings. The van der Waals surface area contributed by atoms with E-state index in [1.807, 2.05) is 41.8 Å². The summed E-state index contributed by atoms with van der Waals surface area (Å²) in [5.41, 5.74) is 3.18. The number of carboxylic acid groups (broad SMARTS) is 1. The summed E-state index contributed by atoms with van der Waals surface area (Å²) >= 11 is 8.65. The van der Waals surface area contributed by atoms with Gasteiger partial charge in [-0.25, -0.2) is 4.98 Å². The Labute approximate surface area is 192 Å². The molecule has 0 aliphatic carbocycles. The molecule has 0 radical (unpaired) electrons. The topological polar surface area (TPSA) is 74.0 Å². The number of carboxylic acids is 1. The third kappa shape index (κ3) is 4.64. The molecule has 2 heterocycles. The molecule has 4 nitrogen and oxygen atoms in total. The first-order chi connectivity index (χ1) is 15.1. The molecule has 0 amide bonds. The summed E-state index contributed by atoms with van der Waals surface area (Å²) in [6.45, 7) is 0. The van der Waals surface area contributed by atoms with Crippen LogP contribution in [0.1, 0.15) is 16.4 Å². The van der Waals surface area contributed by atoms with Gasteiger partial charge < -0.3 is 5.11 Å². The molecule has 2 aromatic heterocycles. The second-order valence-electron chi connectivity index (χ2n) is 6.58. The van der Waals surface area contributed by atoms with Crippen molar-refractivity contribution in [3.63, 3.8) is 0 Å². The Morgan fingerprint density at radius 2 is 1.84 bits per heavy atom. The maximum Gasteiger partial charge on any atom is 0.321 e. The number of nitriles is 1. The third-order valence-electron chi connectivity index (χ3n) is 4.58. The van der Waals surface area contributed by atoms with Crippen LogP contribution in [-0.2, 0) is 4.79 Å². The summed E-state index contributed by atoms with van der Waals surface area (Å²) < 4.78 is 0. The highest BCUT2D eigenvalue weighted by Gasteiger charge is 2.25. The highest BCUT2D eigenvalue weighted by Crippen LogP contribution is 2.41. The molecule has 4 aromatic rings. The molecule has 0 fully saturated rings. The number of pyridine rings is 1. The number of aromatic nitrogens is 1. The number of hydrogen-bond acceptors (Lipinski definition) is 5. The van der Waals surface area contributed by atoms with Crippen LogP contribution in [0.25, 0.3) is 21.7 Å². The zero-order chi connectivity index (χ0) is 21.8. The fourth-order valence-corrected chi connectivity index (χ4v) is 4.98. The van der Waals surface area contributed by atoms with Crippen LogP contribution in [0.3, 0.4) is 0 Å². The second-order valence-corrected chi connectivity index (χ2v) is 9.06. The van der Waals surface area contributed by atoms with E-state index in [1.165, 1.54) is 11.3 Å². The molecule has 7 heteroatoms. The van der Waals surface area contributed by atoms with E-state index < -0.39 is 11.2 Å². The number of thiophene rings is 1. The third-order valence-corrected chi connectivity index (χ3v) is 6.96. The van der Waals surface area contributed by atoms with Crippen LogP contribution >= 0.6 is 34.7 Å². The molecular formula is C24H15ClN2O2S2. The minimum Gasteiger partial charge on any atom is -0.480 e. The Hall–Kier alpha value is -3.11. The molecule has 0 spiro atoms. The molecule has 1 atom stereocenters. The molecule has 1 N–H and O–H groups in total. The maximum absolute atomic E-state index is 12.1. The Morgan fingerprint density at radius 1 is 1.10 bits per heavy atom. The molecule has 0 saturated carbocycles. The SMILES string of the molecule is N#Cc1c(-c2ccc(Cl)cc2)cc(-c2cccs2)nc1S[C@@H](C(=O)O)c1ccccc1. The van der Waals surface area contributed by atoms with Crippen LogP contribution in [0.5, 0.6) is 0 Å². The summed E-state index contributed by atoms with van der Waals surface area (Å²) in [7, 11) is 0. The molecule has 0 bridgehead atoms. The predicted molar refractivity (Wildman–Crippen MR) is 125 cm³/mol. The van der Waals surface area contributed by atoms with E-state index in [4.69, 9.17) is 16.6 Å². The smallest absolute Gasteiger partial charge is 0.321 e. The molecule has 4 rings (SSSR count). The van der Waals surface area contributed by atoms with Gasteiger partial charge >= 0.3 is 5.97 Å². The first-order valence-corrected chi connectivity index (χ1v) is 11.4. The van der Waals surface area contributed by atoms with Crippen molar-refractivity contribution < 1.29 is 9.90 Å². The molecule has 0 saturated heterocycles. The van der Waals surface area contributed by atoms with Crippen LogP contribution in [0, 0.1) is 11.3 Å². The van der Waals surface area contributed by atoms with Gasteiger partial charge in [0.25, 0.3) is 0 Å². The average Bonchev–Trinajstić information content (AvgIpc) is 3.33. The standard InChI is InChI=1S/C24H15ClN2O2S2/c25-17-10-8-15(9-11-17)18-13-20(21-7-4-12-30-21)27-23(19(18)14-26)31-22(24(28)29)16-5-2-1-3-6-16/h1-13,22H,(H,28,29)/t22-/m1/s1. The van der Waals surface area contributed by atoms with E-state index in [0.29, 0.717) is 32.4 Å². The maximum atomic E-state index is 12.1. The van der Waals surface area contributed by atoms with E-state index in [1.54, 1.807) is 36.4 Å². The highest BCUT2D eigenvalue weighted by molar-refractivity contribution is 8.00. The van der Waals surface area contributed by atoms with Crippen molar-refractivity contribution in [2.75, 3.05) is 0 Å². The first-order valence-electron chi connectivity index (χ1n) is 9.26. The van der Waals surface area contributed by atoms with Gasteiger partial charge in [0.1, 0.15) is 16.3 Å². The van der Waals surface area contributed by atoms with E-state index in [0.717, 1.165) is 22.2 Å². The molecule has 2 aromatic carbocycles. The molecule has 0 aliphatic heterocycles. The van der Waals surface area contributed by atoms with Gasteiger partial charge in [0.05, 0.1) is 16.1 Å². The van der Waals surface area contributed by atoms with Gasteiger partial charge in [0, 0.05) is 10.6 Å². The normalized spacial score (nSPS) is 11.6. The van der Waals surface area contributed by atoms with Gasteiger partial charge in [0.2, 0.25) is 0 Å². The Bertz CT molecular complexity index is 1250. The lowest BCUT2D eigenvalue weighted by Gasteiger charge is -2.16. The fourth-order valence-electron chi connectivity index (χ4n) is 3.12. The molecule has 0 unspecified atom stereocenters. The summed E-state index contributed by atoms with van der Waals surface area (Å²) in [4.78, 5) is 17.7. The van der Waals surface area contributed by atoms with E-state index in [2.05, 4.69) is 6.07 Å². The minimum atomic E-state index is -0.989. The Morgan fingerprint density at radius 3 is 2.45 bits per heavy atom. The summed E-state index contributed by atoms with van der Waals surface area (Å²) in [6, 6.07) is 24.2. The molecule has 152 valence electrons. The van der Waals surface area contributed by atoms with Crippen molar-refractivity contribution in [3.05, 3.63) is 94.3 Å². The predicted octanol–water partition coefficient (Wildman–Crippen LogP) is 6.92. The van der Waals surface area contributed by atoms with E-state index in [-0.39, 0.29) is 0 Å². The highest BCUT2D eigenvalue weighted by atomic mass is 35.5. The van der Waals surface area contributed by atoms with Gasteiger partial charge in [-0.05, 0) is 40.8 Å². The van der Waals surface area contributed by atoms with Crippen molar-refractivity contribution in [1.29, 1.82) is 5.26 Å². The lowest BCUT2D eigenvalue weighted by molar-refractivity contribution is -0.136. The number of thioether (sulfide) groups is 1. The number of benzene rings is 2. The Balaban J connectivity index is 1.89. The summed E-state index contributed by atoms with van der Waals surface area (Å²) in [5, 5.41) is 21.9. The molecule has 31 heavy (non-hydrogen) atoms. The second kappa shape index (κ2) is 9.36. The zero-order valence-corrected chi connectivity index (χ0v) is 18.4. The van der Waals surface area contributed by atoms with Crippen molar-refractivity contribution in [1.82, 2.24) is 4.98 Å². The fraction of sp³-hybridized carbons (Fsp3) is 0.0417. The number of rotatable bonds is 6. The summed E-state index contributed by atoms with van der Waals surface area (Å²) in [6.07, 6.45) is 0. The lowest BCUT2D eigenvalue weighted by Crippen LogP contribution is -2.09. The van der Waals surface area contributed by atoms with Gasteiger partial charge in [-0.1, -0.05) is 71.9 Å². The van der Waals surface area contributed by atoms with Crippen LogP contribution in [-0.4, -0.2) is 16.1 Å². The lowest BCUT2D eigenvalue weighted by atomic mass is 10.0. The van der Waals surface area contributed by atoms with E-state index in [9.17, 15) is 15.2 Å². The van der Waals surface area contributed by atoms with Gasteiger partial charge in [-0.15, -0.1) is 11.3 Å². The van der Waals surface area contributed by atoms with Crippen LogP contribution < -0.4 is 0 Å². The van der Waals surface area contributed by atoms with Crippen molar-refractivity contribution in [3.8, 4) is 27.8 Å². The van der Waals surface area contributed by atoms with Gasteiger partial charge in [-0.3, -0.25) is 4.79 Å². The van der Waals surface area contributed by atoms with Crippen molar-refractivity contribution in [2.45, 2.75) is 10.3 Å². The average molecular weight is 463 g/mol. The van der Waals surface area contributed by atoms with Crippen molar-refractivity contribution >= 4 is 40.7 Å².